The molecule has 0 aliphatic carbocycles. The number of nitrogens with zero attached hydrogens (tertiary/aromatic N) is 4. The number of anilines is 1. The van der Waals surface area contributed by atoms with Gasteiger partial charge < -0.3 is 14.7 Å². The van der Waals surface area contributed by atoms with Gasteiger partial charge in [-0.25, -0.2) is 14.8 Å². The summed E-state index contributed by atoms with van der Waals surface area (Å²) in [6.45, 7) is 11.1. The van der Waals surface area contributed by atoms with Crippen LogP contribution in [0.25, 0.3) is 0 Å². The molecule has 1 aromatic rings. The summed E-state index contributed by atoms with van der Waals surface area (Å²) in [5.41, 5.74) is 0.505. The molecule has 0 atom stereocenters. The van der Waals surface area contributed by atoms with Crippen LogP contribution in [0.3, 0.4) is 0 Å². The van der Waals surface area contributed by atoms with Crippen molar-refractivity contribution in [3.63, 3.8) is 0 Å². The minimum atomic E-state index is -1.10. The summed E-state index contributed by atoms with van der Waals surface area (Å²) in [7, 11) is 1.93. The highest BCUT2D eigenvalue weighted by Gasteiger charge is 2.21. The molecule has 0 radical (unpaired) electrons. The fraction of sp³-hybridized carbons (Fsp3) is 0.688. The number of hydrogen-bond donors (Lipinski definition) is 1. The van der Waals surface area contributed by atoms with Crippen molar-refractivity contribution >= 4 is 11.8 Å². The number of likely N-dealkylation sites (N-methyl/N-ethyl adjacent to an activating group) is 1. The van der Waals surface area contributed by atoms with Crippen LogP contribution in [-0.2, 0) is 10.2 Å². The lowest BCUT2D eigenvalue weighted by molar-refractivity contribution is 0.0392. The molecule has 1 saturated heterocycles. The number of aromatic carboxylic acids is 1. The van der Waals surface area contributed by atoms with Crippen LogP contribution in [0.5, 0.6) is 0 Å². The topological polar surface area (TPSA) is 78.8 Å². The summed E-state index contributed by atoms with van der Waals surface area (Å²) in [6.07, 6.45) is 0. The molecule has 0 aromatic carbocycles. The van der Waals surface area contributed by atoms with Crippen LogP contribution in [-0.4, -0.2) is 72.4 Å². The van der Waals surface area contributed by atoms with Crippen molar-refractivity contribution in [2.75, 3.05) is 51.3 Å². The molecule has 0 spiro atoms. The summed E-state index contributed by atoms with van der Waals surface area (Å²) in [5.74, 6) is -0.597. The minimum Gasteiger partial charge on any atom is -0.475 e. The molecule has 7 heteroatoms. The Morgan fingerprint density at radius 2 is 2.00 bits per heavy atom. The van der Waals surface area contributed by atoms with Crippen LogP contribution in [0.15, 0.2) is 6.07 Å². The van der Waals surface area contributed by atoms with Gasteiger partial charge in [-0.1, -0.05) is 20.8 Å². The van der Waals surface area contributed by atoms with Gasteiger partial charge in [-0.15, -0.1) is 0 Å². The molecule has 1 aliphatic rings. The number of ether oxygens (including phenoxy) is 1. The smallest absolute Gasteiger partial charge is 0.374 e. The number of aromatic nitrogens is 2. The quantitative estimate of drug-likeness (QED) is 0.873. The molecule has 2 heterocycles. The monoisotopic (exact) mass is 322 g/mol. The van der Waals surface area contributed by atoms with Crippen molar-refractivity contribution < 1.29 is 14.6 Å². The molecule has 0 amide bonds. The molecule has 1 aromatic heterocycles. The van der Waals surface area contributed by atoms with Gasteiger partial charge >= 0.3 is 5.97 Å². The van der Waals surface area contributed by atoms with E-state index in [1.54, 1.807) is 0 Å². The zero-order valence-electron chi connectivity index (χ0n) is 14.4. The van der Waals surface area contributed by atoms with Gasteiger partial charge in [-0.05, 0) is 0 Å². The SMILES string of the molecule is CN(CCN1CCOCC1)c1cc(C(C)(C)C)nc(C(=O)O)n1. The molecule has 128 valence electrons. The van der Waals surface area contributed by atoms with Crippen molar-refractivity contribution in [1.29, 1.82) is 0 Å². The van der Waals surface area contributed by atoms with Crippen molar-refractivity contribution in [3.8, 4) is 0 Å². The lowest BCUT2D eigenvalue weighted by atomic mass is 9.92. The molecule has 0 unspecified atom stereocenters. The third-order valence-corrected chi connectivity index (χ3v) is 3.92. The standard InChI is InChI=1S/C16H26N4O3/c1-16(2,3)12-11-13(18-14(17-12)15(21)22)19(4)5-6-20-7-9-23-10-8-20/h11H,5-10H2,1-4H3,(H,21,22). The zero-order chi connectivity index (χ0) is 17.0. The summed E-state index contributed by atoms with van der Waals surface area (Å²) in [5, 5.41) is 9.25. The van der Waals surface area contributed by atoms with E-state index in [4.69, 9.17) is 4.74 Å². The van der Waals surface area contributed by atoms with Crippen molar-refractivity contribution in [2.45, 2.75) is 26.2 Å². The number of rotatable bonds is 5. The first kappa shape index (κ1) is 17.6. The number of carboxylic acid groups (broad SMARTS) is 1. The van der Waals surface area contributed by atoms with Gasteiger partial charge in [-0.2, -0.15) is 0 Å². The van der Waals surface area contributed by atoms with E-state index in [0.717, 1.165) is 45.1 Å². The number of morpholine rings is 1. The van der Waals surface area contributed by atoms with E-state index >= 15 is 0 Å². The molecule has 1 fully saturated rings. The Labute approximate surface area is 137 Å². The molecule has 1 N–H and O–H groups in total. The third kappa shape index (κ3) is 4.87. The highest BCUT2D eigenvalue weighted by molar-refractivity contribution is 5.83. The molecule has 0 bridgehead atoms. The number of carbonyl (C=O) groups is 1. The fourth-order valence-corrected chi connectivity index (χ4v) is 2.34. The molecule has 23 heavy (non-hydrogen) atoms. The van der Waals surface area contributed by atoms with Crippen LogP contribution in [0.2, 0.25) is 0 Å². The molecular weight excluding hydrogens is 296 g/mol. The van der Waals surface area contributed by atoms with Gasteiger partial charge in [0.1, 0.15) is 5.82 Å². The van der Waals surface area contributed by atoms with Crippen molar-refractivity contribution in [2.24, 2.45) is 0 Å². The van der Waals surface area contributed by atoms with E-state index in [-0.39, 0.29) is 11.2 Å². The second-order valence-electron chi connectivity index (χ2n) is 6.87. The van der Waals surface area contributed by atoms with Gasteiger partial charge in [0.15, 0.2) is 0 Å². The van der Waals surface area contributed by atoms with Crippen LogP contribution in [0, 0.1) is 0 Å². The molecular formula is C16H26N4O3. The van der Waals surface area contributed by atoms with E-state index in [1.165, 1.54) is 0 Å². The van der Waals surface area contributed by atoms with Gasteiger partial charge in [0.2, 0.25) is 5.82 Å². The van der Waals surface area contributed by atoms with Crippen molar-refractivity contribution in [1.82, 2.24) is 14.9 Å². The maximum Gasteiger partial charge on any atom is 0.374 e. The second kappa shape index (κ2) is 7.23. The molecule has 7 nitrogen and oxygen atoms in total. The summed E-state index contributed by atoms with van der Waals surface area (Å²) in [4.78, 5) is 24.0. The van der Waals surface area contributed by atoms with Gasteiger partial charge in [0.25, 0.3) is 0 Å². The van der Waals surface area contributed by atoms with E-state index in [1.807, 2.05) is 38.8 Å². The van der Waals surface area contributed by atoms with Crippen molar-refractivity contribution in [3.05, 3.63) is 17.6 Å². The molecule has 0 saturated carbocycles. The first-order chi connectivity index (χ1) is 10.8. The Bertz CT molecular complexity index is 551. The minimum absolute atomic E-state index is 0.148. The van der Waals surface area contributed by atoms with Gasteiger partial charge in [0.05, 0.1) is 18.9 Å². The fourth-order valence-electron chi connectivity index (χ4n) is 2.34. The average Bonchev–Trinajstić information content (AvgIpc) is 2.52. The first-order valence-corrected chi connectivity index (χ1v) is 7.91. The summed E-state index contributed by atoms with van der Waals surface area (Å²) >= 11 is 0. The maximum atomic E-state index is 11.3. The molecule has 1 aliphatic heterocycles. The number of carboxylic acids is 1. The average molecular weight is 322 g/mol. The maximum absolute atomic E-state index is 11.3. The Hall–Kier alpha value is -1.73. The Kier molecular flexibility index (Phi) is 5.54. The number of hydrogen-bond acceptors (Lipinski definition) is 6. The predicted octanol–water partition coefficient (Wildman–Crippen LogP) is 1.24. The van der Waals surface area contributed by atoms with E-state index in [0.29, 0.717) is 5.82 Å². The van der Waals surface area contributed by atoms with Crippen LogP contribution >= 0.6 is 0 Å². The normalized spacial score (nSPS) is 16.3. The van der Waals surface area contributed by atoms with Crippen LogP contribution < -0.4 is 4.90 Å². The van der Waals surface area contributed by atoms with Crippen LogP contribution in [0.1, 0.15) is 37.1 Å². The highest BCUT2D eigenvalue weighted by atomic mass is 16.5. The highest BCUT2D eigenvalue weighted by Crippen LogP contribution is 2.23. The van der Waals surface area contributed by atoms with Gasteiger partial charge in [-0.3, -0.25) is 4.90 Å². The summed E-state index contributed by atoms with van der Waals surface area (Å²) in [6, 6.07) is 1.88. The lowest BCUT2D eigenvalue weighted by Gasteiger charge is -2.29. The van der Waals surface area contributed by atoms with Crippen LogP contribution in [0.4, 0.5) is 5.82 Å². The summed E-state index contributed by atoms with van der Waals surface area (Å²) < 4.78 is 5.35. The Balaban J connectivity index is 2.13. The second-order valence-corrected chi connectivity index (χ2v) is 6.87. The van der Waals surface area contributed by atoms with E-state index < -0.39 is 5.97 Å². The zero-order valence-corrected chi connectivity index (χ0v) is 14.4. The van der Waals surface area contributed by atoms with Gasteiger partial charge in [0, 0.05) is 44.7 Å². The Morgan fingerprint density at radius 3 is 2.57 bits per heavy atom. The predicted molar refractivity (Wildman–Crippen MR) is 88.2 cm³/mol. The first-order valence-electron chi connectivity index (χ1n) is 7.91. The largest absolute Gasteiger partial charge is 0.475 e. The van der Waals surface area contributed by atoms with E-state index in [2.05, 4.69) is 14.9 Å². The third-order valence-electron chi connectivity index (χ3n) is 3.92. The lowest BCUT2D eigenvalue weighted by Crippen LogP contribution is -2.41. The van der Waals surface area contributed by atoms with E-state index in [9.17, 15) is 9.90 Å². The Morgan fingerprint density at radius 1 is 1.35 bits per heavy atom. The molecule has 2 rings (SSSR count).